The molecule has 0 aliphatic rings. The topological polar surface area (TPSA) is 30.7 Å². The van der Waals surface area contributed by atoms with Gasteiger partial charge in [0, 0.05) is 23.4 Å². The molecule has 2 heterocycles. The molecule has 0 N–H and O–H groups in total. The van der Waals surface area contributed by atoms with Gasteiger partial charge in [-0.05, 0) is 45.3 Å². The zero-order valence-corrected chi connectivity index (χ0v) is 18.8. The molecule has 156 valence electrons. The molecular weight excluding hydrogens is 390 g/mol. The Balaban J connectivity index is 1.74. The van der Waals surface area contributed by atoms with E-state index in [1.165, 1.54) is 38.0 Å². The molecule has 3 heteroatoms. The summed E-state index contributed by atoms with van der Waals surface area (Å²) in [4.78, 5) is 9.54. The van der Waals surface area contributed by atoms with Crippen LogP contribution in [0.3, 0.4) is 0 Å². The Kier molecular flexibility index (Phi) is 3.94. The highest BCUT2D eigenvalue weighted by atomic mass is 15.0. The van der Waals surface area contributed by atoms with E-state index in [1.807, 2.05) is 0 Å². The summed E-state index contributed by atoms with van der Waals surface area (Å²) in [5.41, 5.74) is 6.76. The molecule has 6 rings (SSSR count). The molecular formula is C29H25N3. The Morgan fingerprint density at radius 3 is 2.19 bits per heavy atom. The first-order chi connectivity index (χ1) is 15.4. The lowest BCUT2D eigenvalue weighted by atomic mass is 9.82. The van der Waals surface area contributed by atoms with Crippen LogP contribution >= 0.6 is 0 Å². The predicted octanol–water partition coefficient (Wildman–Crippen LogP) is 7.39. The smallest absolute Gasteiger partial charge is 0.116 e. The van der Waals surface area contributed by atoms with Crippen LogP contribution < -0.4 is 0 Å². The minimum atomic E-state index is 0.0247. The summed E-state index contributed by atoms with van der Waals surface area (Å²) in [5.74, 6) is 0. The Labute approximate surface area is 187 Å². The normalized spacial score (nSPS) is 12.4. The average molecular weight is 416 g/mol. The summed E-state index contributed by atoms with van der Waals surface area (Å²) < 4.78 is 2.27. The number of aromatic nitrogens is 3. The zero-order valence-electron chi connectivity index (χ0n) is 18.8. The lowest BCUT2D eigenvalue weighted by Gasteiger charge is -2.23. The van der Waals surface area contributed by atoms with Crippen LogP contribution in [0.5, 0.6) is 0 Å². The second-order valence-electron chi connectivity index (χ2n) is 9.66. The molecule has 3 nitrogen and oxygen atoms in total. The number of nitrogens with zero attached hydrogens (tertiary/aromatic N) is 3. The van der Waals surface area contributed by atoms with Crippen LogP contribution in [0.1, 0.15) is 26.3 Å². The summed E-state index contributed by atoms with van der Waals surface area (Å²) in [6, 6.07) is 26.2. The monoisotopic (exact) mass is 415 g/mol. The van der Waals surface area contributed by atoms with Crippen LogP contribution in [0, 0.1) is 0 Å². The Hall–Kier alpha value is -3.72. The van der Waals surface area contributed by atoms with E-state index in [2.05, 4.69) is 105 Å². The van der Waals surface area contributed by atoms with E-state index in [1.54, 1.807) is 6.33 Å². The Morgan fingerprint density at radius 2 is 1.41 bits per heavy atom. The van der Waals surface area contributed by atoms with E-state index < -0.39 is 0 Å². The first-order valence-corrected chi connectivity index (χ1v) is 11.1. The number of rotatable bonds is 1. The Bertz CT molecular complexity index is 1670. The number of aryl methyl sites for hydroxylation is 1. The van der Waals surface area contributed by atoms with Gasteiger partial charge in [-0.2, -0.15) is 0 Å². The molecule has 0 amide bonds. The second-order valence-corrected chi connectivity index (χ2v) is 9.66. The van der Waals surface area contributed by atoms with Crippen molar-refractivity contribution in [1.29, 1.82) is 0 Å². The van der Waals surface area contributed by atoms with Crippen LogP contribution in [0.4, 0.5) is 0 Å². The van der Waals surface area contributed by atoms with E-state index >= 15 is 0 Å². The molecule has 0 fully saturated rings. The quantitative estimate of drug-likeness (QED) is 0.280. The van der Waals surface area contributed by atoms with E-state index in [4.69, 9.17) is 9.97 Å². The first kappa shape index (κ1) is 19.0. The number of fused-ring (bicyclic) bond motifs is 6. The van der Waals surface area contributed by atoms with Gasteiger partial charge in [0.2, 0.25) is 0 Å². The van der Waals surface area contributed by atoms with Crippen LogP contribution in [0.15, 0.2) is 79.1 Å². The lowest BCUT2D eigenvalue weighted by Crippen LogP contribution is -2.12. The maximum atomic E-state index is 4.81. The molecule has 0 atom stereocenters. The van der Waals surface area contributed by atoms with Gasteiger partial charge in [0.15, 0.2) is 0 Å². The van der Waals surface area contributed by atoms with Gasteiger partial charge in [0.05, 0.1) is 16.7 Å². The standard InChI is InChI=1S/C29H25N3/c1-29(2,3)24-16-20(15-19-10-6-7-11-21(19)24)25-28-26(31-17-30-25)23-14-13-18-9-5-8-12-22(18)27(23)32(28)4/h5-17H,1-4H3. The largest absolute Gasteiger partial charge is 0.340 e. The van der Waals surface area contributed by atoms with Crippen molar-refractivity contribution < 1.29 is 0 Å². The molecule has 2 aromatic heterocycles. The fourth-order valence-electron chi connectivity index (χ4n) is 5.09. The summed E-state index contributed by atoms with van der Waals surface area (Å²) in [6.07, 6.45) is 1.71. The zero-order chi connectivity index (χ0) is 22.0. The number of hydrogen-bond acceptors (Lipinski definition) is 2. The number of hydrogen-bond donors (Lipinski definition) is 0. The van der Waals surface area contributed by atoms with Crippen LogP contribution in [-0.4, -0.2) is 14.5 Å². The highest BCUT2D eigenvalue weighted by molar-refractivity contribution is 6.18. The van der Waals surface area contributed by atoms with E-state index in [0.717, 1.165) is 22.3 Å². The van der Waals surface area contributed by atoms with E-state index in [9.17, 15) is 0 Å². The molecule has 32 heavy (non-hydrogen) atoms. The first-order valence-electron chi connectivity index (χ1n) is 11.1. The fraction of sp³-hybridized carbons (Fsp3) is 0.172. The summed E-state index contributed by atoms with van der Waals surface area (Å²) in [5, 5.41) is 6.19. The SMILES string of the molecule is Cn1c2c(-c3cc(C(C)(C)C)c4ccccc4c3)ncnc2c2ccc3ccccc3c21. The summed E-state index contributed by atoms with van der Waals surface area (Å²) >= 11 is 0. The van der Waals surface area contributed by atoms with Crippen molar-refractivity contribution in [3.8, 4) is 11.3 Å². The van der Waals surface area contributed by atoms with Crippen LogP contribution in [-0.2, 0) is 12.5 Å². The molecule has 0 unspecified atom stereocenters. The lowest BCUT2D eigenvalue weighted by molar-refractivity contribution is 0.596. The van der Waals surface area contributed by atoms with Gasteiger partial charge >= 0.3 is 0 Å². The average Bonchev–Trinajstić information content (AvgIpc) is 3.10. The third kappa shape index (κ3) is 2.67. The third-order valence-corrected chi connectivity index (χ3v) is 6.59. The van der Waals surface area contributed by atoms with Gasteiger partial charge in [-0.15, -0.1) is 0 Å². The second kappa shape index (κ2) is 6.64. The molecule has 0 bridgehead atoms. The molecule has 0 radical (unpaired) electrons. The minimum absolute atomic E-state index is 0.0247. The van der Waals surface area contributed by atoms with Crippen molar-refractivity contribution in [1.82, 2.24) is 14.5 Å². The molecule has 0 spiro atoms. The third-order valence-electron chi connectivity index (χ3n) is 6.59. The van der Waals surface area contributed by atoms with E-state index in [-0.39, 0.29) is 5.41 Å². The summed E-state index contributed by atoms with van der Waals surface area (Å²) in [6.45, 7) is 6.82. The molecule has 0 saturated heterocycles. The van der Waals surface area contributed by atoms with E-state index in [0.29, 0.717) is 0 Å². The number of benzene rings is 4. The van der Waals surface area contributed by atoms with Gasteiger partial charge in [-0.1, -0.05) is 75.4 Å². The highest BCUT2D eigenvalue weighted by Crippen LogP contribution is 2.39. The van der Waals surface area contributed by atoms with Crippen molar-refractivity contribution in [2.45, 2.75) is 26.2 Å². The van der Waals surface area contributed by atoms with Gasteiger partial charge in [-0.25, -0.2) is 9.97 Å². The maximum Gasteiger partial charge on any atom is 0.116 e. The van der Waals surface area contributed by atoms with Crippen molar-refractivity contribution in [3.63, 3.8) is 0 Å². The molecule has 0 aliphatic heterocycles. The van der Waals surface area contributed by atoms with Crippen LogP contribution in [0.2, 0.25) is 0 Å². The van der Waals surface area contributed by atoms with Crippen molar-refractivity contribution in [3.05, 3.63) is 84.7 Å². The predicted molar refractivity (Wildman–Crippen MR) is 135 cm³/mol. The molecule has 0 saturated carbocycles. The molecule has 6 aromatic rings. The van der Waals surface area contributed by atoms with Crippen molar-refractivity contribution in [2.75, 3.05) is 0 Å². The van der Waals surface area contributed by atoms with Gasteiger partial charge < -0.3 is 4.57 Å². The van der Waals surface area contributed by atoms with Gasteiger partial charge in [0.1, 0.15) is 11.8 Å². The van der Waals surface area contributed by atoms with Gasteiger partial charge in [0.25, 0.3) is 0 Å². The molecule has 4 aromatic carbocycles. The summed E-state index contributed by atoms with van der Waals surface area (Å²) in [7, 11) is 2.13. The van der Waals surface area contributed by atoms with Crippen LogP contribution in [0.25, 0.3) is 54.7 Å². The van der Waals surface area contributed by atoms with Crippen molar-refractivity contribution in [2.24, 2.45) is 7.05 Å². The Morgan fingerprint density at radius 1 is 0.688 bits per heavy atom. The van der Waals surface area contributed by atoms with Crippen molar-refractivity contribution >= 4 is 43.5 Å². The highest BCUT2D eigenvalue weighted by Gasteiger charge is 2.21. The fourth-order valence-corrected chi connectivity index (χ4v) is 5.09. The molecule has 0 aliphatic carbocycles. The minimum Gasteiger partial charge on any atom is -0.340 e. The maximum absolute atomic E-state index is 4.81. The van der Waals surface area contributed by atoms with Gasteiger partial charge in [-0.3, -0.25) is 0 Å².